The van der Waals surface area contributed by atoms with Gasteiger partial charge in [0.2, 0.25) is 0 Å². The van der Waals surface area contributed by atoms with Crippen LogP contribution < -0.4 is 10.3 Å². The number of rotatable bonds is 5. The van der Waals surface area contributed by atoms with Crippen LogP contribution in [0.1, 0.15) is 32.7 Å². The van der Waals surface area contributed by atoms with E-state index in [1.807, 2.05) is 31.2 Å². The molecule has 0 unspecified atom stereocenters. The summed E-state index contributed by atoms with van der Waals surface area (Å²) in [4.78, 5) is 29.7. The Labute approximate surface area is 160 Å². The molecular weight excluding hydrogens is 358 g/mol. The molecule has 0 aliphatic carbocycles. The van der Waals surface area contributed by atoms with Crippen molar-refractivity contribution in [2.24, 2.45) is 0 Å². The maximum atomic E-state index is 12.0. The largest absolute Gasteiger partial charge is 0.488 e. The number of ether oxygens (including phenoxy) is 1. The molecule has 1 aromatic heterocycles. The van der Waals surface area contributed by atoms with Crippen molar-refractivity contribution in [3.8, 4) is 23.2 Å². The summed E-state index contributed by atoms with van der Waals surface area (Å²) in [5, 5.41) is 18.5. The molecule has 7 nitrogen and oxygen atoms in total. The number of nitrogens with zero attached hydrogens (tertiary/aromatic N) is 2. The Kier molecular flexibility index (Phi) is 5.23. The van der Waals surface area contributed by atoms with Crippen molar-refractivity contribution in [1.29, 1.82) is 5.26 Å². The molecule has 140 valence electrons. The highest BCUT2D eigenvalue weighted by Crippen LogP contribution is 2.25. The molecule has 0 spiro atoms. The molecule has 0 aliphatic heterocycles. The molecule has 0 atom stereocenters. The van der Waals surface area contributed by atoms with Crippen molar-refractivity contribution in [2.45, 2.75) is 20.5 Å². The molecule has 0 amide bonds. The fraction of sp³-hybridized carbons (Fsp3) is 0.143. The Morgan fingerprint density at radius 3 is 2.54 bits per heavy atom. The van der Waals surface area contributed by atoms with Crippen molar-refractivity contribution in [1.82, 2.24) is 9.97 Å². The molecule has 3 rings (SSSR count). The fourth-order valence-electron chi connectivity index (χ4n) is 2.71. The van der Waals surface area contributed by atoms with Crippen LogP contribution in [0, 0.1) is 25.2 Å². The first-order valence-electron chi connectivity index (χ1n) is 8.46. The summed E-state index contributed by atoms with van der Waals surface area (Å²) in [6.07, 6.45) is 0. The summed E-state index contributed by atoms with van der Waals surface area (Å²) >= 11 is 0. The van der Waals surface area contributed by atoms with Gasteiger partial charge in [-0.15, -0.1) is 0 Å². The van der Waals surface area contributed by atoms with Gasteiger partial charge in [-0.2, -0.15) is 5.26 Å². The number of nitrogens with one attached hydrogen (secondary N) is 1. The molecule has 0 saturated carbocycles. The predicted octanol–water partition coefficient (Wildman–Crippen LogP) is 3.20. The zero-order chi connectivity index (χ0) is 20.3. The van der Waals surface area contributed by atoms with E-state index in [1.54, 1.807) is 18.2 Å². The Morgan fingerprint density at radius 2 is 1.93 bits per heavy atom. The van der Waals surface area contributed by atoms with Crippen molar-refractivity contribution in [3.05, 3.63) is 80.8 Å². The lowest BCUT2D eigenvalue weighted by molar-refractivity contribution is 0.0693. The van der Waals surface area contributed by atoms with Crippen LogP contribution in [0.25, 0.3) is 11.4 Å². The van der Waals surface area contributed by atoms with E-state index in [0.29, 0.717) is 17.9 Å². The summed E-state index contributed by atoms with van der Waals surface area (Å²) in [6.45, 7) is 3.77. The average molecular weight is 375 g/mol. The van der Waals surface area contributed by atoms with E-state index in [-0.39, 0.29) is 17.1 Å². The first kappa shape index (κ1) is 18.9. The molecule has 2 aromatic carbocycles. The molecule has 0 saturated heterocycles. The molecule has 1 heterocycles. The van der Waals surface area contributed by atoms with Gasteiger partial charge in [0.15, 0.2) is 0 Å². The second-order valence-corrected chi connectivity index (χ2v) is 6.28. The van der Waals surface area contributed by atoms with E-state index in [1.165, 1.54) is 6.92 Å². The third-order valence-electron chi connectivity index (χ3n) is 4.20. The molecule has 7 heteroatoms. The third kappa shape index (κ3) is 3.91. The Balaban J connectivity index is 1.89. The lowest BCUT2D eigenvalue weighted by Crippen LogP contribution is -2.21. The topological polar surface area (TPSA) is 116 Å². The lowest BCUT2D eigenvalue weighted by Gasteiger charge is -2.10. The minimum Gasteiger partial charge on any atom is -0.488 e. The number of carbonyl (C=O) groups is 1. The van der Waals surface area contributed by atoms with Crippen LogP contribution in [0.2, 0.25) is 0 Å². The van der Waals surface area contributed by atoms with E-state index < -0.39 is 17.1 Å². The Morgan fingerprint density at radius 1 is 1.21 bits per heavy atom. The molecule has 28 heavy (non-hydrogen) atoms. The number of hydrogen-bond donors (Lipinski definition) is 2. The molecule has 0 fully saturated rings. The van der Waals surface area contributed by atoms with Crippen LogP contribution in [-0.2, 0) is 6.61 Å². The van der Waals surface area contributed by atoms with Gasteiger partial charge in [-0.3, -0.25) is 4.79 Å². The van der Waals surface area contributed by atoms with Gasteiger partial charge in [0.25, 0.3) is 5.56 Å². The minimum absolute atomic E-state index is 0.101. The summed E-state index contributed by atoms with van der Waals surface area (Å²) < 4.78 is 5.75. The van der Waals surface area contributed by atoms with Crippen LogP contribution in [0.3, 0.4) is 0 Å². The quantitative estimate of drug-likeness (QED) is 0.707. The van der Waals surface area contributed by atoms with E-state index >= 15 is 0 Å². The normalized spacial score (nSPS) is 10.3. The third-order valence-corrected chi connectivity index (χ3v) is 4.20. The highest BCUT2D eigenvalue weighted by Gasteiger charge is 2.16. The van der Waals surface area contributed by atoms with Gasteiger partial charge in [-0.25, -0.2) is 9.78 Å². The van der Waals surface area contributed by atoms with Crippen LogP contribution in [0.4, 0.5) is 0 Å². The van der Waals surface area contributed by atoms with Gasteiger partial charge in [-0.1, -0.05) is 29.8 Å². The van der Waals surface area contributed by atoms with Crippen LogP contribution in [0.15, 0.2) is 47.3 Å². The zero-order valence-electron chi connectivity index (χ0n) is 15.3. The number of nitriles is 1. The van der Waals surface area contributed by atoms with E-state index in [2.05, 4.69) is 16.0 Å². The minimum atomic E-state index is -1.34. The first-order chi connectivity index (χ1) is 13.4. The second kappa shape index (κ2) is 7.76. The number of aromatic amines is 1. The standard InChI is InChI=1S/C21H17N3O4/c1-12-3-5-14(6-4-12)11-28-17-8-7-15(9-16(17)10-22)19-23-13(2)18(21(26)27)20(25)24-19/h3-9H,11H2,1-2H3,(H,26,27)(H,23,24,25). The second-order valence-electron chi connectivity index (χ2n) is 6.28. The fourth-order valence-corrected chi connectivity index (χ4v) is 2.71. The predicted molar refractivity (Wildman–Crippen MR) is 102 cm³/mol. The summed E-state index contributed by atoms with van der Waals surface area (Å²) in [7, 11) is 0. The molecular formula is C21H17N3O4. The number of aromatic carboxylic acids is 1. The Bertz CT molecular complexity index is 1140. The van der Waals surface area contributed by atoms with Gasteiger partial charge < -0.3 is 14.8 Å². The number of benzene rings is 2. The smallest absolute Gasteiger partial charge is 0.343 e. The summed E-state index contributed by atoms with van der Waals surface area (Å²) in [5.41, 5.74) is 1.85. The van der Waals surface area contributed by atoms with E-state index in [0.717, 1.165) is 11.1 Å². The van der Waals surface area contributed by atoms with Crippen LogP contribution in [-0.4, -0.2) is 21.0 Å². The SMILES string of the molecule is Cc1ccc(COc2ccc(-c3nc(C)c(C(=O)O)c(=O)[nH]3)cc2C#N)cc1. The summed E-state index contributed by atoms with van der Waals surface area (Å²) in [6, 6.07) is 14.8. The maximum Gasteiger partial charge on any atom is 0.343 e. The highest BCUT2D eigenvalue weighted by atomic mass is 16.5. The van der Waals surface area contributed by atoms with Gasteiger partial charge in [0.1, 0.15) is 29.8 Å². The number of carboxylic acid groups (broad SMARTS) is 1. The van der Waals surface area contributed by atoms with Gasteiger partial charge in [0, 0.05) is 5.56 Å². The molecule has 0 bridgehead atoms. The van der Waals surface area contributed by atoms with Crippen molar-refractivity contribution in [2.75, 3.05) is 0 Å². The number of aromatic nitrogens is 2. The number of carboxylic acids is 1. The zero-order valence-corrected chi connectivity index (χ0v) is 15.3. The average Bonchev–Trinajstić information content (AvgIpc) is 2.66. The highest BCUT2D eigenvalue weighted by molar-refractivity contribution is 5.88. The lowest BCUT2D eigenvalue weighted by atomic mass is 10.1. The Hall–Kier alpha value is -3.92. The number of H-pyrrole nitrogens is 1. The van der Waals surface area contributed by atoms with Gasteiger partial charge in [0.05, 0.1) is 11.3 Å². The van der Waals surface area contributed by atoms with Crippen LogP contribution >= 0.6 is 0 Å². The van der Waals surface area contributed by atoms with Crippen molar-refractivity contribution >= 4 is 5.97 Å². The number of aryl methyl sites for hydroxylation is 2. The molecule has 0 radical (unpaired) electrons. The molecule has 3 aromatic rings. The van der Waals surface area contributed by atoms with E-state index in [9.17, 15) is 14.9 Å². The van der Waals surface area contributed by atoms with E-state index in [4.69, 9.17) is 9.84 Å². The summed E-state index contributed by atoms with van der Waals surface area (Å²) in [5.74, 6) is -0.738. The molecule has 0 aliphatic rings. The van der Waals surface area contributed by atoms with Gasteiger partial charge in [-0.05, 0) is 37.6 Å². The maximum absolute atomic E-state index is 12.0. The molecule has 2 N–H and O–H groups in total. The monoisotopic (exact) mass is 375 g/mol. The van der Waals surface area contributed by atoms with Gasteiger partial charge >= 0.3 is 5.97 Å². The first-order valence-corrected chi connectivity index (χ1v) is 8.46. The number of hydrogen-bond acceptors (Lipinski definition) is 5. The van der Waals surface area contributed by atoms with Crippen LogP contribution in [0.5, 0.6) is 5.75 Å². The van der Waals surface area contributed by atoms with Crippen molar-refractivity contribution < 1.29 is 14.6 Å². The van der Waals surface area contributed by atoms with Crippen molar-refractivity contribution in [3.63, 3.8) is 0 Å².